The van der Waals surface area contributed by atoms with Gasteiger partial charge in [0.05, 0.1) is 12.8 Å². The summed E-state index contributed by atoms with van der Waals surface area (Å²) >= 11 is 0. The van der Waals surface area contributed by atoms with E-state index in [-0.39, 0.29) is 0 Å². The largest absolute Gasteiger partial charge is 0.468 e. The Morgan fingerprint density at radius 1 is 1.39 bits per heavy atom. The monoisotopic (exact) mass is 250 g/mol. The van der Waals surface area contributed by atoms with Crippen molar-refractivity contribution in [1.82, 2.24) is 10.2 Å². The summed E-state index contributed by atoms with van der Waals surface area (Å²) in [6.07, 6.45) is 5.90. The van der Waals surface area contributed by atoms with Crippen LogP contribution in [0.25, 0.3) is 0 Å². The van der Waals surface area contributed by atoms with E-state index in [4.69, 9.17) is 4.42 Å². The van der Waals surface area contributed by atoms with E-state index in [0.717, 1.165) is 37.9 Å². The Morgan fingerprint density at radius 3 is 2.89 bits per heavy atom. The highest BCUT2D eigenvalue weighted by atomic mass is 16.3. The number of hydrogen-bond donors (Lipinski definition) is 1. The minimum absolute atomic E-state index is 0.923. The van der Waals surface area contributed by atoms with Crippen molar-refractivity contribution in [3.63, 3.8) is 0 Å². The minimum atomic E-state index is 0.923. The predicted octanol–water partition coefficient (Wildman–Crippen LogP) is 3.01. The van der Waals surface area contributed by atoms with Crippen molar-refractivity contribution in [3.8, 4) is 0 Å². The Bertz CT molecular complexity index is 344. The number of nitrogens with one attached hydrogen (secondary N) is 1. The van der Waals surface area contributed by atoms with E-state index in [0.29, 0.717) is 0 Å². The Hall–Kier alpha value is -0.800. The van der Waals surface area contributed by atoms with Crippen molar-refractivity contribution in [2.75, 3.05) is 19.6 Å². The van der Waals surface area contributed by atoms with Gasteiger partial charge in [-0.15, -0.1) is 0 Å². The minimum Gasteiger partial charge on any atom is -0.468 e. The highest BCUT2D eigenvalue weighted by Gasteiger charge is 2.23. The van der Waals surface area contributed by atoms with Gasteiger partial charge in [0.2, 0.25) is 0 Å². The first-order chi connectivity index (χ1) is 8.81. The quantitative estimate of drug-likeness (QED) is 0.683. The number of nitrogens with zero attached hydrogens (tertiary/aromatic N) is 1. The van der Waals surface area contributed by atoms with Gasteiger partial charge in [0, 0.05) is 18.7 Å². The van der Waals surface area contributed by atoms with E-state index >= 15 is 0 Å². The highest BCUT2D eigenvalue weighted by Crippen LogP contribution is 2.30. The average molecular weight is 250 g/mol. The molecule has 0 unspecified atom stereocenters. The molecule has 102 valence electrons. The van der Waals surface area contributed by atoms with E-state index in [1.807, 2.05) is 6.26 Å². The summed E-state index contributed by atoms with van der Waals surface area (Å²) in [6.45, 7) is 9.72. The second-order valence-electron chi connectivity index (χ2n) is 5.37. The molecule has 3 heteroatoms. The van der Waals surface area contributed by atoms with E-state index in [1.165, 1.54) is 31.4 Å². The molecule has 0 bridgehead atoms. The summed E-state index contributed by atoms with van der Waals surface area (Å²) in [5.41, 5.74) is 1.26. The molecule has 3 nitrogen and oxygen atoms in total. The zero-order chi connectivity index (χ0) is 12.8. The molecule has 0 amide bonds. The first-order valence-electron chi connectivity index (χ1n) is 7.31. The van der Waals surface area contributed by atoms with Crippen LogP contribution in [0.2, 0.25) is 0 Å². The zero-order valence-electron chi connectivity index (χ0n) is 11.7. The van der Waals surface area contributed by atoms with Crippen LogP contribution in [0.3, 0.4) is 0 Å². The van der Waals surface area contributed by atoms with Crippen LogP contribution >= 0.6 is 0 Å². The summed E-state index contributed by atoms with van der Waals surface area (Å²) in [6, 6.07) is 2.19. The molecule has 1 aromatic rings. The molecule has 0 aromatic carbocycles. The zero-order valence-corrected chi connectivity index (χ0v) is 11.7. The van der Waals surface area contributed by atoms with Gasteiger partial charge >= 0.3 is 0 Å². The van der Waals surface area contributed by atoms with Crippen molar-refractivity contribution in [2.45, 2.75) is 46.2 Å². The van der Waals surface area contributed by atoms with Gasteiger partial charge in [0.25, 0.3) is 0 Å². The number of furan rings is 1. The van der Waals surface area contributed by atoms with Gasteiger partial charge < -0.3 is 9.73 Å². The van der Waals surface area contributed by atoms with E-state index < -0.39 is 0 Å². The van der Waals surface area contributed by atoms with Crippen molar-refractivity contribution < 1.29 is 4.42 Å². The summed E-state index contributed by atoms with van der Waals surface area (Å²) in [7, 11) is 0. The van der Waals surface area contributed by atoms with Crippen LogP contribution in [0, 0.1) is 5.92 Å². The molecule has 0 radical (unpaired) electrons. The van der Waals surface area contributed by atoms with Crippen LogP contribution in [0.15, 0.2) is 16.7 Å². The molecule has 1 N–H and O–H groups in total. The molecule has 1 heterocycles. The van der Waals surface area contributed by atoms with Crippen molar-refractivity contribution in [2.24, 2.45) is 5.92 Å². The fraction of sp³-hybridized carbons (Fsp3) is 0.733. The topological polar surface area (TPSA) is 28.4 Å². The van der Waals surface area contributed by atoms with Gasteiger partial charge in [0.15, 0.2) is 0 Å². The third-order valence-corrected chi connectivity index (χ3v) is 3.50. The molecule has 0 saturated heterocycles. The molecule has 2 rings (SSSR count). The van der Waals surface area contributed by atoms with Crippen LogP contribution < -0.4 is 5.32 Å². The first-order valence-corrected chi connectivity index (χ1v) is 7.31. The van der Waals surface area contributed by atoms with Gasteiger partial charge in [-0.3, -0.25) is 4.90 Å². The van der Waals surface area contributed by atoms with E-state index in [2.05, 4.69) is 30.1 Å². The third kappa shape index (κ3) is 4.46. The maximum Gasteiger partial charge on any atom is 0.118 e. The molecule has 0 spiro atoms. The number of rotatable bonds is 9. The van der Waals surface area contributed by atoms with Gasteiger partial charge in [-0.05, 0) is 44.3 Å². The van der Waals surface area contributed by atoms with Crippen LogP contribution in [-0.2, 0) is 13.1 Å². The lowest BCUT2D eigenvalue weighted by molar-refractivity contribution is 0.246. The van der Waals surface area contributed by atoms with Gasteiger partial charge in [-0.2, -0.15) is 0 Å². The Balaban J connectivity index is 1.76. The smallest absolute Gasteiger partial charge is 0.118 e. The molecule has 0 aliphatic heterocycles. The summed E-state index contributed by atoms with van der Waals surface area (Å²) in [4.78, 5) is 2.49. The van der Waals surface area contributed by atoms with Gasteiger partial charge in [-0.25, -0.2) is 0 Å². The van der Waals surface area contributed by atoms with Crippen LogP contribution in [0.5, 0.6) is 0 Å². The standard InChI is InChI=1S/C15H26N2O/c1-3-7-16-9-14-8-15(18-12-14)11-17(4-2)10-13-5-6-13/h8,12-13,16H,3-7,9-11H2,1-2H3. The Morgan fingerprint density at radius 2 is 2.22 bits per heavy atom. The fourth-order valence-electron chi connectivity index (χ4n) is 2.20. The van der Waals surface area contributed by atoms with Crippen molar-refractivity contribution in [1.29, 1.82) is 0 Å². The molecule has 0 atom stereocenters. The number of hydrogen-bond acceptors (Lipinski definition) is 3. The molecule has 1 aliphatic carbocycles. The maximum atomic E-state index is 5.65. The molecular weight excluding hydrogens is 224 g/mol. The lowest BCUT2D eigenvalue weighted by atomic mass is 10.3. The lowest BCUT2D eigenvalue weighted by Gasteiger charge is -2.18. The van der Waals surface area contributed by atoms with Gasteiger partial charge in [0.1, 0.15) is 5.76 Å². The highest BCUT2D eigenvalue weighted by molar-refractivity contribution is 5.12. The summed E-state index contributed by atoms with van der Waals surface area (Å²) < 4.78 is 5.65. The normalized spacial score (nSPS) is 15.5. The molecule has 1 saturated carbocycles. The SMILES string of the molecule is CCCNCc1coc(CN(CC)CC2CC2)c1. The van der Waals surface area contributed by atoms with E-state index in [9.17, 15) is 0 Å². The maximum absolute atomic E-state index is 5.65. The van der Waals surface area contributed by atoms with Crippen LogP contribution in [0.1, 0.15) is 44.4 Å². The van der Waals surface area contributed by atoms with E-state index in [1.54, 1.807) is 0 Å². The predicted molar refractivity (Wildman–Crippen MR) is 74.4 cm³/mol. The van der Waals surface area contributed by atoms with Crippen LogP contribution in [0.4, 0.5) is 0 Å². The van der Waals surface area contributed by atoms with Crippen molar-refractivity contribution in [3.05, 3.63) is 23.7 Å². The average Bonchev–Trinajstić information content (AvgIpc) is 3.08. The van der Waals surface area contributed by atoms with Gasteiger partial charge in [-0.1, -0.05) is 13.8 Å². The summed E-state index contributed by atoms with van der Waals surface area (Å²) in [5.74, 6) is 2.05. The van der Waals surface area contributed by atoms with Crippen LogP contribution in [-0.4, -0.2) is 24.5 Å². The first kappa shape index (κ1) is 13.6. The molecular formula is C15H26N2O. The molecule has 18 heavy (non-hydrogen) atoms. The molecule has 1 fully saturated rings. The molecule has 1 aromatic heterocycles. The summed E-state index contributed by atoms with van der Waals surface area (Å²) in [5, 5.41) is 3.40. The van der Waals surface area contributed by atoms with Crippen molar-refractivity contribution >= 4 is 0 Å². The Labute approximate surface area is 111 Å². The second-order valence-corrected chi connectivity index (χ2v) is 5.37. The fourth-order valence-corrected chi connectivity index (χ4v) is 2.20. The molecule has 1 aliphatic rings. The second kappa shape index (κ2) is 6.95. The lowest BCUT2D eigenvalue weighted by Crippen LogP contribution is -2.24. The Kier molecular flexibility index (Phi) is 5.26. The third-order valence-electron chi connectivity index (χ3n) is 3.50.